The van der Waals surface area contributed by atoms with Gasteiger partial charge in [-0.2, -0.15) is 0 Å². The van der Waals surface area contributed by atoms with Crippen molar-refractivity contribution in [1.29, 1.82) is 0 Å². The lowest BCUT2D eigenvalue weighted by Crippen LogP contribution is -2.19. The number of primary amides is 2. The summed E-state index contributed by atoms with van der Waals surface area (Å²) >= 11 is 1.25. The molecule has 0 radical (unpaired) electrons. The van der Waals surface area contributed by atoms with Crippen LogP contribution in [0.3, 0.4) is 0 Å². The molecule has 2 heterocycles. The van der Waals surface area contributed by atoms with Crippen LogP contribution in [0, 0.1) is 0 Å². The standard InChI is InChI=1S/C21H22N4O3S/c22-15(26)10-28-12-8-6-11(7-9-12)16-13-4-2-1-3-5-14(13)25-21-17(16)18(23)19(29-21)20(24)27/h6-9H,1-5,10,23H2,(H2,22,26)(H2,24,27). The molecule has 0 aliphatic heterocycles. The molecule has 1 aromatic carbocycles. The number of benzene rings is 1. The van der Waals surface area contributed by atoms with Crippen LogP contribution >= 0.6 is 11.3 Å². The van der Waals surface area contributed by atoms with Crippen LogP contribution in [0.15, 0.2) is 24.3 Å². The zero-order valence-electron chi connectivity index (χ0n) is 15.9. The quantitative estimate of drug-likeness (QED) is 0.556. The van der Waals surface area contributed by atoms with Gasteiger partial charge in [-0.3, -0.25) is 9.59 Å². The maximum atomic E-state index is 11.9. The number of carbonyl (C=O) groups excluding carboxylic acids is 2. The SMILES string of the molecule is NC(=O)COc1ccc(-c2c3c(nc4sc(C(N)=O)c(N)c24)CCCCC3)cc1. The molecule has 0 unspecified atom stereocenters. The van der Waals surface area contributed by atoms with Crippen LogP contribution in [0.2, 0.25) is 0 Å². The van der Waals surface area contributed by atoms with Gasteiger partial charge in [0.15, 0.2) is 6.61 Å². The van der Waals surface area contributed by atoms with E-state index in [2.05, 4.69) is 0 Å². The molecular weight excluding hydrogens is 388 g/mol. The van der Waals surface area contributed by atoms with E-state index in [1.807, 2.05) is 12.1 Å². The first-order chi connectivity index (χ1) is 14.0. The van der Waals surface area contributed by atoms with Crippen molar-refractivity contribution in [2.45, 2.75) is 32.1 Å². The number of carbonyl (C=O) groups is 2. The second-order valence-electron chi connectivity index (χ2n) is 7.14. The lowest BCUT2D eigenvalue weighted by molar-refractivity contribution is -0.119. The summed E-state index contributed by atoms with van der Waals surface area (Å²) in [5.41, 5.74) is 21.6. The maximum absolute atomic E-state index is 11.9. The van der Waals surface area contributed by atoms with Crippen LogP contribution in [-0.2, 0) is 17.6 Å². The van der Waals surface area contributed by atoms with Gasteiger partial charge in [0.05, 0.1) is 5.69 Å². The van der Waals surface area contributed by atoms with Crippen LogP contribution in [0.5, 0.6) is 5.75 Å². The Morgan fingerprint density at radius 2 is 1.79 bits per heavy atom. The highest BCUT2D eigenvalue weighted by Crippen LogP contribution is 2.43. The molecule has 4 rings (SSSR count). The molecule has 1 aliphatic carbocycles. The molecule has 6 N–H and O–H groups in total. The minimum absolute atomic E-state index is 0.173. The van der Waals surface area contributed by atoms with E-state index in [0.717, 1.165) is 59.1 Å². The van der Waals surface area contributed by atoms with Crippen molar-refractivity contribution in [1.82, 2.24) is 4.98 Å². The van der Waals surface area contributed by atoms with Crippen molar-refractivity contribution in [2.75, 3.05) is 12.3 Å². The topological polar surface area (TPSA) is 134 Å². The van der Waals surface area contributed by atoms with Crippen molar-refractivity contribution in [3.05, 3.63) is 40.4 Å². The number of amides is 2. The normalized spacial score (nSPS) is 13.7. The third-order valence-corrected chi connectivity index (χ3v) is 6.27. The zero-order chi connectivity index (χ0) is 20.5. The lowest BCUT2D eigenvalue weighted by atomic mass is 9.92. The minimum Gasteiger partial charge on any atom is -0.484 e. The summed E-state index contributed by atoms with van der Waals surface area (Å²) in [5, 5.41) is 0.787. The summed E-state index contributed by atoms with van der Waals surface area (Å²) in [6.45, 7) is -0.173. The van der Waals surface area contributed by atoms with Crippen LogP contribution in [0.4, 0.5) is 5.69 Å². The Labute approximate surface area is 171 Å². The molecule has 0 saturated heterocycles. The number of pyridine rings is 1. The number of fused-ring (bicyclic) bond motifs is 2. The first-order valence-electron chi connectivity index (χ1n) is 9.50. The summed E-state index contributed by atoms with van der Waals surface area (Å²) in [4.78, 5) is 28.7. The number of nitrogens with two attached hydrogens (primary N) is 3. The number of thiophene rings is 1. The number of aryl methyl sites for hydroxylation is 1. The zero-order valence-corrected chi connectivity index (χ0v) is 16.7. The highest BCUT2D eigenvalue weighted by Gasteiger charge is 2.24. The van der Waals surface area contributed by atoms with Crippen LogP contribution in [0.25, 0.3) is 21.3 Å². The lowest BCUT2D eigenvalue weighted by Gasteiger charge is -2.15. The van der Waals surface area contributed by atoms with Crippen LogP contribution < -0.4 is 21.9 Å². The number of hydrogen-bond donors (Lipinski definition) is 3. The van der Waals surface area contributed by atoms with Gasteiger partial charge in [0.25, 0.3) is 11.8 Å². The Morgan fingerprint density at radius 3 is 2.48 bits per heavy atom. The molecule has 3 aromatic rings. The molecule has 0 atom stereocenters. The Kier molecular flexibility index (Phi) is 5.10. The van der Waals surface area contributed by atoms with Gasteiger partial charge in [-0.1, -0.05) is 18.6 Å². The van der Waals surface area contributed by atoms with E-state index in [4.69, 9.17) is 26.9 Å². The highest BCUT2D eigenvalue weighted by molar-refractivity contribution is 7.21. The van der Waals surface area contributed by atoms with E-state index >= 15 is 0 Å². The summed E-state index contributed by atoms with van der Waals surface area (Å²) in [5.74, 6) is -0.512. The number of anilines is 1. The van der Waals surface area contributed by atoms with E-state index < -0.39 is 11.8 Å². The van der Waals surface area contributed by atoms with Gasteiger partial charge in [-0.05, 0) is 54.5 Å². The average molecular weight is 410 g/mol. The second-order valence-corrected chi connectivity index (χ2v) is 8.14. The predicted molar refractivity (Wildman–Crippen MR) is 114 cm³/mol. The van der Waals surface area contributed by atoms with Gasteiger partial charge in [-0.25, -0.2) is 4.98 Å². The number of nitrogens with zero attached hydrogens (tertiary/aromatic N) is 1. The van der Waals surface area contributed by atoms with Gasteiger partial charge in [0, 0.05) is 11.1 Å². The van der Waals surface area contributed by atoms with E-state index in [-0.39, 0.29) is 6.61 Å². The fraction of sp³-hybridized carbons (Fsp3) is 0.286. The minimum atomic E-state index is -0.540. The fourth-order valence-electron chi connectivity index (χ4n) is 3.86. The molecule has 7 nitrogen and oxygen atoms in total. The van der Waals surface area contributed by atoms with Gasteiger partial charge < -0.3 is 21.9 Å². The number of hydrogen-bond acceptors (Lipinski definition) is 6. The molecule has 0 bridgehead atoms. The number of nitrogen functional groups attached to an aromatic ring is 1. The van der Waals surface area contributed by atoms with Gasteiger partial charge in [-0.15, -0.1) is 11.3 Å². The third kappa shape index (κ3) is 3.63. The molecular formula is C21H22N4O3S. The largest absolute Gasteiger partial charge is 0.484 e. The van der Waals surface area contributed by atoms with Crippen LogP contribution in [-0.4, -0.2) is 23.4 Å². The van der Waals surface area contributed by atoms with Crippen molar-refractivity contribution in [3.8, 4) is 16.9 Å². The van der Waals surface area contributed by atoms with Crippen molar-refractivity contribution < 1.29 is 14.3 Å². The molecule has 2 amide bonds. The van der Waals surface area contributed by atoms with Gasteiger partial charge in [0.1, 0.15) is 15.5 Å². The monoisotopic (exact) mass is 410 g/mol. The second kappa shape index (κ2) is 7.71. The number of ether oxygens (including phenoxy) is 1. The van der Waals surface area contributed by atoms with Gasteiger partial charge >= 0.3 is 0 Å². The summed E-state index contributed by atoms with van der Waals surface area (Å²) in [6.07, 6.45) is 5.15. The first-order valence-corrected chi connectivity index (χ1v) is 10.3. The summed E-state index contributed by atoms with van der Waals surface area (Å²) in [7, 11) is 0. The predicted octanol–water partition coefficient (Wildman–Crippen LogP) is 2.78. The molecule has 0 spiro atoms. The molecule has 2 aromatic heterocycles. The maximum Gasteiger partial charge on any atom is 0.260 e. The van der Waals surface area contributed by atoms with Crippen molar-refractivity contribution in [3.63, 3.8) is 0 Å². The van der Waals surface area contributed by atoms with E-state index in [1.54, 1.807) is 12.1 Å². The third-order valence-electron chi connectivity index (χ3n) is 5.15. The molecule has 29 heavy (non-hydrogen) atoms. The Balaban J connectivity index is 1.90. The molecule has 0 saturated carbocycles. The van der Waals surface area contributed by atoms with Crippen molar-refractivity contribution in [2.24, 2.45) is 11.5 Å². The highest BCUT2D eigenvalue weighted by atomic mass is 32.1. The Hall–Kier alpha value is -3.13. The molecule has 1 aliphatic rings. The van der Waals surface area contributed by atoms with Crippen molar-refractivity contribution >= 4 is 39.1 Å². The average Bonchev–Trinajstić information content (AvgIpc) is 2.87. The van der Waals surface area contributed by atoms with E-state index in [0.29, 0.717) is 16.3 Å². The summed E-state index contributed by atoms with van der Waals surface area (Å²) < 4.78 is 5.37. The first kappa shape index (κ1) is 19.2. The number of rotatable bonds is 5. The molecule has 150 valence electrons. The Bertz CT molecular complexity index is 1110. The fourth-order valence-corrected chi connectivity index (χ4v) is 4.83. The summed E-state index contributed by atoms with van der Waals surface area (Å²) in [6, 6.07) is 7.45. The molecule has 0 fully saturated rings. The Morgan fingerprint density at radius 1 is 1.07 bits per heavy atom. The van der Waals surface area contributed by atoms with E-state index in [1.165, 1.54) is 16.9 Å². The van der Waals surface area contributed by atoms with Gasteiger partial charge in [0.2, 0.25) is 0 Å². The van der Waals surface area contributed by atoms with E-state index in [9.17, 15) is 9.59 Å². The smallest absolute Gasteiger partial charge is 0.260 e. The number of aromatic nitrogens is 1. The molecule has 8 heteroatoms. The van der Waals surface area contributed by atoms with Crippen LogP contribution in [0.1, 0.15) is 40.2 Å².